The fourth-order valence-electron chi connectivity index (χ4n) is 7.80. The minimum Gasteiger partial charge on any atom is -0.381 e. The van der Waals surface area contributed by atoms with Crippen LogP contribution in [0.1, 0.15) is 61.3 Å². The first-order valence-electron chi connectivity index (χ1n) is 18.1. The molecule has 8 nitrogen and oxygen atoms in total. The van der Waals surface area contributed by atoms with Crippen LogP contribution in [0.15, 0.2) is 78.9 Å². The third kappa shape index (κ3) is 6.76. The number of hydrogen-bond acceptors (Lipinski definition) is 6. The van der Waals surface area contributed by atoms with Gasteiger partial charge < -0.3 is 25.2 Å². The van der Waals surface area contributed by atoms with Crippen LogP contribution < -0.4 is 20.4 Å². The lowest BCUT2D eigenvalue weighted by Crippen LogP contribution is -2.59. The Hall–Kier alpha value is -5.53. The van der Waals surface area contributed by atoms with E-state index in [-0.39, 0.29) is 50.9 Å². The van der Waals surface area contributed by atoms with Crippen molar-refractivity contribution in [2.75, 3.05) is 53.3 Å². The van der Waals surface area contributed by atoms with E-state index in [0.29, 0.717) is 16.8 Å². The van der Waals surface area contributed by atoms with E-state index in [1.54, 1.807) is 24.3 Å². The maximum atomic E-state index is 15.7. The minimum atomic E-state index is -1.20. The van der Waals surface area contributed by atoms with Gasteiger partial charge in [-0.3, -0.25) is 14.4 Å². The molecule has 0 atom stereocenters. The molecule has 0 aliphatic carbocycles. The van der Waals surface area contributed by atoms with E-state index >= 15 is 4.39 Å². The second-order valence-corrected chi connectivity index (χ2v) is 15.2. The summed E-state index contributed by atoms with van der Waals surface area (Å²) in [4.78, 5) is 44.7. The van der Waals surface area contributed by atoms with E-state index in [4.69, 9.17) is 4.74 Å². The predicted molar refractivity (Wildman–Crippen MR) is 204 cm³/mol. The van der Waals surface area contributed by atoms with Gasteiger partial charge in [0.2, 0.25) is 0 Å². The summed E-state index contributed by atoms with van der Waals surface area (Å²) in [5.41, 5.74) is 3.31. The van der Waals surface area contributed by atoms with Gasteiger partial charge in [-0.15, -0.1) is 11.3 Å². The number of ether oxygens (including phenoxy) is 1. The zero-order valence-corrected chi connectivity index (χ0v) is 30.6. The Balaban J connectivity index is 1.01. The van der Waals surface area contributed by atoms with Gasteiger partial charge in [0.15, 0.2) is 11.6 Å². The van der Waals surface area contributed by atoms with E-state index < -0.39 is 40.8 Å². The van der Waals surface area contributed by atoms with E-state index in [0.717, 1.165) is 86.4 Å². The SMILES string of the molecule is CCc1cccc(C(=O)Nc2ccc(C(=O)N3CCc4cc(C(=O)Nc5c(F)cccc5F)sc4-c4c3ccc(F)c4F)cc2)c1N1CC2(CCOCC2)C1. The number of aryl methyl sites for hydroxylation is 1. The average molecular weight is 769 g/mol. The summed E-state index contributed by atoms with van der Waals surface area (Å²) in [7, 11) is 0. The lowest BCUT2D eigenvalue weighted by molar-refractivity contribution is -0.000292. The highest BCUT2D eigenvalue weighted by Gasteiger charge is 2.45. The topological polar surface area (TPSA) is 91.0 Å². The monoisotopic (exact) mass is 768 g/mol. The van der Waals surface area contributed by atoms with E-state index in [2.05, 4.69) is 22.5 Å². The Morgan fingerprint density at radius 3 is 2.25 bits per heavy atom. The maximum absolute atomic E-state index is 15.7. The zero-order valence-electron chi connectivity index (χ0n) is 29.8. The van der Waals surface area contributed by atoms with Crippen molar-refractivity contribution in [1.82, 2.24) is 0 Å². The average Bonchev–Trinajstić information content (AvgIpc) is 3.54. The predicted octanol–water partition coefficient (Wildman–Crippen LogP) is 8.86. The van der Waals surface area contributed by atoms with Crippen molar-refractivity contribution >= 4 is 51.8 Å². The Labute approximate surface area is 318 Å². The third-order valence-electron chi connectivity index (χ3n) is 10.7. The molecule has 3 aliphatic rings. The minimum absolute atomic E-state index is 0.0290. The van der Waals surface area contributed by atoms with Gasteiger partial charge in [-0.1, -0.05) is 25.1 Å². The standard InChI is InChI=1S/C42H36F4N4O4S/c1-2-24-5-3-6-28(37(24)49-22-42(23-49)16-19-54-20-17-42)39(51)47-27-11-9-25(10-12-27)41(53)50-18-15-26-21-33(40(52)48-36-30(44)7-4-8-31(36)45)55-38(26)34-32(50)14-13-29(43)35(34)46/h3-14,21H,2,15-20,22-23H2,1H3,(H,47,51)(H,48,52). The number of nitrogens with one attached hydrogen (secondary N) is 2. The summed E-state index contributed by atoms with van der Waals surface area (Å²) in [5.74, 6) is -5.83. The molecular weight excluding hydrogens is 733 g/mol. The number of rotatable bonds is 7. The van der Waals surface area contributed by atoms with Crippen molar-refractivity contribution in [2.24, 2.45) is 5.41 Å². The van der Waals surface area contributed by atoms with Gasteiger partial charge in [0.25, 0.3) is 17.7 Å². The molecule has 2 saturated heterocycles. The molecule has 0 bridgehead atoms. The highest BCUT2D eigenvalue weighted by Crippen LogP contribution is 2.46. The number of benzene rings is 4. The number of nitrogens with zero attached hydrogens (tertiary/aromatic N) is 2. The van der Waals surface area contributed by atoms with E-state index in [9.17, 15) is 27.6 Å². The Morgan fingerprint density at radius 2 is 1.55 bits per heavy atom. The van der Waals surface area contributed by atoms with Crippen molar-refractivity contribution in [3.63, 3.8) is 0 Å². The summed E-state index contributed by atoms with van der Waals surface area (Å²) in [6.45, 7) is 5.40. The molecule has 4 aromatic carbocycles. The van der Waals surface area contributed by atoms with Gasteiger partial charge in [0.05, 0.1) is 27.4 Å². The quantitative estimate of drug-likeness (QED) is 0.162. The van der Waals surface area contributed by atoms with Crippen LogP contribution in [0.25, 0.3) is 10.4 Å². The van der Waals surface area contributed by atoms with Crippen LogP contribution in [0, 0.1) is 28.7 Å². The summed E-state index contributed by atoms with van der Waals surface area (Å²) >= 11 is 0.834. The van der Waals surface area contributed by atoms with E-state index in [1.165, 1.54) is 23.1 Å². The van der Waals surface area contributed by atoms with Gasteiger partial charge in [-0.25, -0.2) is 17.6 Å². The molecule has 55 heavy (non-hydrogen) atoms. The fraction of sp³-hybridized carbons (Fsp3) is 0.262. The zero-order chi connectivity index (χ0) is 38.4. The van der Waals surface area contributed by atoms with Gasteiger partial charge >= 0.3 is 0 Å². The van der Waals surface area contributed by atoms with Crippen LogP contribution in [-0.4, -0.2) is 50.6 Å². The fourth-order valence-corrected chi connectivity index (χ4v) is 8.95. The van der Waals surface area contributed by atoms with Crippen molar-refractivity contribution in [1.29, 1.82) is 0 Å². The molecule has 2 N–H and O–H groups in total. The molecule has 2 fully saturated rings. The lowest BCUT2D eigenvalue weighted by atomic mass is 9.73. The Morgan fingerprint density at radius 1 is 0.836 bits per heavy atom. The number of carbonyl (C=O) groups excluding carboxylic acids is 3. The van der Waals surface area contributed by atoms with Crippen LogP contribution in [0.2, 0.25) is 0 Å². The summed E-state index contributed by atoms with van der Waals surface area (Å²) in [6.07, 6.45) is 2.97. The second-order valence-electron chi connectivity index (χ2n) is 14.1. The molecule has 4 heterocycles. The highest BCUT2D eigenvalue weighted by atomic mass is 32.1. The van der Waals surface area contributed by atoms with E-state index in [1.807, 2.05) is 18.2 Å². The molecule has 1 spiro atoms. The Kier molecular flexibility index (Phi) is 9.68. The van der Waals surface area contributed by atoms with Gasteiger partial charge in [-0.2, -0.15) is 0 Å². The smallest absolute Gasteiger partial charge is 0.265 e. The second kappa shape index (κ2) is 14.6. The first-order chi connectivity index (χ1) is 26.6. The number of amides is 3. The van der Waals surface area contributed by atoms with Crippen molar-refractivity contribution in [2.45, 2.75) is 32.6 Å². The normalized spacial score (nSPS) is 15.8. The highest BCUT2D eigenvalue weighted by molar-refractivity contribution is 7.17. The number of para-hydroxylation sites is 2. The van der Waals surface area contributed by atoms with Gasteiger partial charge in [-0.05, 0) is 97.5 Å². The molecule has 3 aliphatic heterocycles. The number of carbonyl (C=O) groups is 3. The van der Waals surface area contributed by atoms with Gasteiger partial charge in [0.1, 0.15) is 17.3 Å². The number of thiophene rings is 1. The molecule has 282 valence electrons. The van der Waals surface area contributed by atoms with Crippen molar-refractivity contribution < 1.29 is 36.7 Å². The summed E-state index contributed by atoms with van der Waals surface area (Å²) in [5, 5.41) is 5.21. The number of hydrogen-bond donors (Lipinski definition) is 2. The molecule has 1 aromatic heterocycles. The number of halogens is 4. The van der Waals surface area contributed by atoms with Crippen LogP contribution in [0.4, 0.5) is 40.3 Å². The largest absolute Gasteiger partial charge is 0.381 e. The number of fused-ring (bicyclic) bond motifs is 3. The summed E-state index contributed by atoms with van der Waals surface area (Å²) < 4.78 is 64.4. The maximum Gasteiger partial charge on any atom is 0.265 e. The summed E-state index contributed by atoms with van der Waals surface area (Å²) in [6, 6.07) is 19.0. The van der Waals surface area contributed by atoms with Gasteiger partial charge in [0, 0.05) is 54.4 Å². The van der Waals surface area contributed by atoms with Crippen LogP contribution >= 0.6 is 11.3 Å². The molecular formula is C42H36F4N4O4S. The van der Waals surface area contributed by atoms with Crippen LogP contribution in [-0.2, 0) is 17.6 Å². The molecule has 0 saturated carbocycles. The van der Waals surface area contributed by atoms with Crippen molar-refractivity contribution in [3.05, 3.63) is 129 Å². The van der Waals surface area contributed by atoms with Crippen LogP contribution in [0.5, 0.6) is 0 Å². The first-order valence-corrected chi connectivity index (χ1v) is 18.9. The van der Waals surface area contributed by atoms with Crippen LogP contribution in [0.3, 0.4) is 0 Å². The molecule has 8 rings (SSSR count). The number of anilines is 4. The molecule has 3 amide bonds. The molecule has 13 heteroatoms. The Bertz CT molecular complexity index is 2310. The molecule has 0 radical (unpaired) electrons. The third-order valence-corrected chi connectivity index (χ3v) is 11.9. The molecule has 0 unspecified atom stereocenters. The lowest BCUT2D eigenvalue weighted by Gasteiger charge is -2.54. The molecule has 5 aromatic rings. The van der Waals surface area contributed by atoms with Crippen molar-refractivity contribution in [3.8, 4) is 10.4 Å². The first kappa shape index (κ1) is 36.4.